The molecular weight excluding hydrogens is 370 g/mol. The fourth-order valence-electron chi connectivity index (χ4n) is 2.95. The van der Waals surface area contributed by atoms with Crippen LogP contribution < -0.4 is 10.6 Å². The summed E-state index contributed by atoms with van der Waals surface area (Å²) in [5.41, 5.74) is 3.04. The zero-order chi connectivity index (χ0) is 19.8. The SMILES string of the molecule is CC(=O)NCCCCCC(=O)Nc1ccc(Cc2nc3ccccc3s2)cc1. The summed E-state index contributed by atoms with van der Waals surface area (Å²) >= 11 is 1.72. The normalized spacial score (nSPS) is 10.8. The van der Waals surface area contributed by atoms with E-state index in [-0.39, 0.29) is 11.8 Å². The van der Waals surface area contributed by atoms with Crippen molar-refractivity contribution in [2.45, 2.75) is 39.0 Å². The summed E-state index contributed by atoms with van der Waals surface area (Å²) in [5.74, 6) is 0.0165. The number of amides is 2. The Morgan fingerprint density at radius 3 is 2.54 bits per heavy atom. The van der Waals surface area contributed by atoms with Crippen LogP contribution >= 0.6 is 11.3 Å². The molecule has 0 aliphatic carbocycles. The Bertz CT molecular complexity index is 901. The van der Waals surface area contributed by atoms with Gasteiger partial charge in [-0.3, -0.25) is 9.59 Å². The lowest BCUT2D eigenvalue weighted by Gasteiger charge is -2.06. The van der Waals surface area contributed by atoms with Crippen LogP contribution in [0.25, 0.3) is 10.2 Å². The Kier molecular flexibility index (Phi) is 7.14. The van der Waals surface area contributed by atoms with E-state index in [2.05, 4.69) is 21.7 Å². The molecule has 0 spiro atoms. The predicted molar refractivity (Wildman–Crippen MR) is 115 cm³/mol. The van der Waals surface area contributed by atoms with Crippen LogP contribution in [0.2, 0.25) is 0 Å². The van der Waals surface area contributed by atoms with Gasteiger partial charge in [0.2, 0.25) is 11.8 Å². The first-order chi connectivity index (χ1) is 13.6. The molecular formula is C22H25N3O2S. The highest BCUT2D eigenvalue weighted by Gasteiger charge is 2.06. The molecule has 146 valence electrons. The number of hydrogen-bond donors (Lipinski definition) is 2. The number of anilines is 1. The van der Waals surface area contributed by atoms with Gasteiger partial charge in [-0.15, -0.1) is 11.3 Å². The summed E-state index contributed by atoms with van der Waals surface area (Å²) in [7, 11) is 0. The summed E-state index contributed by atoms with van der Waals surface area (Å²) in [5, 5.41) is 6.80. The summed E-state index contributed by atoms with van der Waals surface area (Å²) < 4.78 is 1.21. The zero-order valence-corrected chi connectivity index (χ0v) is 16.8. The molecule has 0 fully saturated rings. The van der Waals surface area contributed by atoms with E-state index >= 15 is 0 Å². The van der Waals surface area contributed by atoms with Crippen LogP contribution in [-0.2, 0) is 16.0 Å². The topological polar surface area (TPSA) is 71.1 Å². The van der Waals surface area contributed by atoms with Gasteiger partial charge in [-0.25, -0.2) is 4.98 Å². The molecule has 0 aliphatic heterocycles. The van der Waals surface area contributed by atoms with Crippen LogP contribution in [0.3, 0.4) is 0 Å². The lowest BCUT2D eigenvalue weighted by atomic mass is 10.1. The van der Waals surface area contributed by atoms with E-state index in [0.29, 0.717) is 13.0 Å². The molecule has 1 aromatic heterocycles. The number of para-hydroxylation sites is 1. The number of carbonyl (C=O) groups is 2. The van der Waals surface area contributed by atoms with E-state index in [4.69, 9.17) is 0 Å². The molecule has 0 aliphatic rings. The average molecular weight is 396 g/mol. The summed E-state index contributed by atoms with van der Waals surface area (Å²) in [4.78, 5) is 27.5. The van der Waals surface area contributed by atoms with E-state index in [1.54, 1.807) is 11.3 Å². The van der Waals surface area contributed by atoms with Gasteiger partial charge < -0.3 is 10.6 Å². The second-order valence-electron chi connectivity index (χ2n) is 6.79. The van der Waals surface area contributed by atoms with Gasteiger partial charge in [0, 0.05) is 32.0 Å². The smallest absolute Gasteiger partial charge is 0.224 e. The van der Waals surface area contributed by atoms with E-state index in [1.165, 1.54) is 17.2 Å². The molecule has 3 aromatic rings. The minimum atomic E-state index is -0.00988. The molecule has 6 heteroatoms. The molecule has 1 heterocycles. The highest BCUT2D eigenvalue weighted by atomic mass is 32.1. The predicted octanol–water partition coefficient (Wildman–Crippen LogP) is 4.52. The van der Waals surface area contributed by atoms with Crippen molar-refractivity contribution in [3.05, 3.63) is 59.1 Å². The van der Waals surface area contributed by atoms with Gasteiger partial charge in [0.25, 0.3) is 0 Å². The first-order valence-electron chi connectivity index (χ1n) is 9.58. The number of benzene rings is 2. The van der Waals surface area contributed by atoms with Crippen LogP contribution in [0, 0.1) is 0 Å². The van der Waals surface area contributed by atoms with Crippen molar-refractivity contribution in [1.29, 1.82) is 0 Å². The molecule has 5 nitrogen and oxygen atoms in total. The van der Waals surface area contributed by atoms with Crippen molar-refractivity contribution in [3.63, 3.8) is 0 Å². The molecule has 2 aromatic carbocycles. The van der Waals surface area contributed by atoms with Crippen molar-refractivity contribution in [2.24, 2.45) is 0 Å². The lowest BCUT2D eigenvalue weighted by Crippen LogP contribution is -2.20. The number of nitrogens with one attached hydrogen (secondary N) is 2. The number of rotatable bonds is 9. The largest absolute Gasteiger partial charge is 0.356 e. The van der Waals surface area contributed by atoms with Gasteiger partial charge in [-0.05, 0) is 42.7 Å². The third kappa shape index (κ3) is 6.16. The van der Waals surface area contributed by atoms with Gasteiger partial charge in [-0.1, -0.05) is 30.7 Å². The Labute approximate surface area is 169 Å². The average Bonchev–Trinajstić information content (AvgIpc) is 3.08. The minimum Gasteiger partial charge on any atom is -0.356 e. The van der Waals surface area contributed by atoms with Crippen LogP contribution in [0.15, 0.2) is 48.5 Å². The van der Waals surface area contributed by atoms with Crippen LogP contribution in [0.1, 0.15) is 43.2 Å². The van der Waals surface area contributed by atoms with E-state index < -0.39 is 0 Å². The summed E-state index contributed by atoms with van der Waals surface area (Å²) in [6.07, 6.45) is 3.93. The fourth-order valence-corrected chi connectivity index (χ4v) is 3.95. The molecule has 0 saturated heterocycles. The summed E-state index contributed by atoms with van der Waals surface area (Å²) in [6.45, 7) is 2.19. The molecule has 0 bridgehead atoms. The maximum atomic E-state index is 12.0. The van der Waals surface area contributed by atoms with Crippen LogP contribution in [0.4, 0.5) is 5.69 Å². The van der Waals surface area contributed by atoms with Crippen molar-refractivity contribution >= 4 is 39.1 Å². The number of fused-ring (bicyclic) bond motifs is 1. The number of aromatic nitrogens is 1. The zero-order valence-electron chi connectivity index (χ0n) is 16.0. The van der Waals surface area contributed by atoms with E-state index in [1.807, 2.05) is 42.5 Å². The van der Waals surface area contributed by atoms with Gasteiger partial charge in [-0.2, -0.15) is 0 Å². The van der Waals surface area contributed by atoms with Crippen molar-refractivity contribution in [1.82, 2.24) is 10.3 Å². The van der Waals surface area contributed by atoms with Crippen LogP contribution in [0.5, 0.6) is 0 Å². The number of hydrogen-bond acceptors (Lipinski definition) is 4. The number of nitrogens with zero attached hydrogens (tertiary/aromatic N) is 1. The van der Waals surface area contributed by atoms with E-state index in [9.17, 15) is 9.59 Å². The summed E-state index contributed by atoms with van der Waals surface area (Å²) in [6, 6.07) is 16.1. The maximum Gasteiger partial charge on any atom is 0.224 e. The number of thiazole rings is 1. The number of carbonyl (C=O) groups excluding carboxylic acids is 2. The van der Waals surface area contributed by atoms with Crippen molar-refractivity contribution in [3.8, 4) is 0 Å². The Morgan fingerprint density at radius 1 is 1.00 bits per heavy atom. The molecule has 3 rings (SSSR count). The minimum absolute atomic E-state index is 0.00988. The van der Waals surface area contributed by atoms with Crippen molar-refractivity contribution in [2.75, 3.05) is 11.9 Å². The lowest BCUT2D eigenvalue weighted by molar-refractivity contribution is -0.119. The third-order valence-corrected chi connectivity index (χ3v) is 5.42. The van der Waals surface area contributed by atoms with Gasteiger partial charge >= 0.3 is 0 Å². The highest BCUT2D eigenvalue weighted by Crippen LogP contribution is 2.24. The monoisotopic (exact) mass is 395 g/mol. The first kappa shape index (κ1) is 20.0. The first-order valence-corrected chi connectivity index (χ1v) is 10.4. The van der Waals surface area contributed by atoms with E-state index in [0.717, 1.165) is 41.9 Å². The fraction of sp³-hybridized carbons (Fsp3) is 0.318. The molecule has 2 N–H and O–H groups in total. The molecule has 0 atom stereocenters. The third-order valence-electron chi connectivity index (χ3n) is 4.39. The van der Waals surface area contributed by atoms with Gasteiger partial charge in [0.1, 0.15) is 0 Å². The quantitative estimate of drug-likeness (QED) is 0.523. The van der Waals surface area contributed by atoms with Gasteiger partial charge in [0.15, 0.2) is 0 Å². The molecule has 2 amide bonds. The second-order valence-corrected chi connectivity index (χ2v) is 7.91. The standard InChI is InChI=1S/C22H25N3O2S/c1-16(26)23-14-6-2-3-9-21(27)24-18-12-10-17(11-13-18)15-22-25-19-7-4-5-8-20(19)28-22/h4-5,7-8,10-13H,2-3,6,9,14-15H2,1H3,(H,23,26)(H,24,27). The number of unbranched alkanes of at least 4 members (excludes halogenated alkanes) is 2. The maximum absolute atomic E-state index is 12.0. The molecule has 0 saturated carbocycles. The Morgan fingerprint density at radius 2 is 1.79 bits per heavy atom. The Hall–Kier alpha value is -2.73. The molecule has 0 radical (unpaired) electrons. The van der Waals surface area contributed by atoms with Crippen LogP contribution in [-0.4, -0.2) is 23.3 Å². The molecule has 0 unspecified atom stereocenters. The second kappa shape index (κ2) is 9.99. The highest BCUT2D eigenvalue weighted by molar-refractivity contribution is 7.18. The molecule has 28 heavy (non-hydrogen) atoms. The van der Waals surface area contributed by atoms with Crippen molar-refractivity contribution < 1.29 is 9.59 Å². The van der Waals surface area contributed by atoms with Gasteiger partial charge in [0.05, 0.1) is 15.2 Å². The Balaban J connectivity index is 1.42.